The largest absolute Gasteiger partial charge is 0.486 e. The fourth-order valence-electron chi connectivity index (χ4n) is 2.06. The number of para-hydroxylation sites is 1. The Morgan fingerprint density at radius 1 is 1.22 bits per heavy atom. The number of hydrogen-bond donors (Lipinski definition) is 2. The number of carbonyl (C=O) groups is 3. The summed E-state index contributed by atoms with van der Waals surface area (Å²) in [6.45, 7) is 5.04. The van der Waals surface area contributed by atoms with E-state index in [4.69, 9.17) is 9.47 Å². The molecule has 3 amide bonds. The Morgan fingerprint density at radius 2 is 1.96 bits per heavy atom. The topological polar surface area (TPSA) is 107 Å². The van der Waals surface area contributed by atoms with Crippen molar-refractivity contribution in [1.82, 2.24) is 15.6 Å². The van der Waals surface area contributed by atoms with E-state index in [1.165, 1.54) is 17.4 Å². The summed E-state index contributed by atoms with van der Waals surface area (Å²) in [7, 11) is 0. The van der Waals surface area contributed by atoms with Gasteiger partial charge in [0.2, 0.25) is 0 Å². The first-order chi connectivity index (χ1) is 12.8. The summed E-state index contributed by atoms with van der Waals surface area (Å²) < 4.78 is 10.6. The molecule has 0 aliphatic carbocycles. The van der Waals surface area contributed by atoms with E-state index in [2.05, 4.69) is 15.6 Å². The second-order valence-electron chi connectivity index (χ2n) is 5.90. The van der Waals surface area contributed by atoms with E-state index >= 15 is 0 Å². The zero-order valence-electron chi connectivity index (χ0n) is 15.3. The molecule has 0 bridgehead atoms. The second-order valence-corrected chi connectivity index (χ2v) is 6.96. The number of aryl methyl sites for hydroxylation is 1. The van der Waals surface area contributed by atoms with Crippen LogP contribution in [0.4, 0.5) is 4.79 Å². The lowest BCUT2D eigenvalue weighted by Crippen LogP contribution is -2.44. The van der Waals surface area contributed by atoms with Gasteiger partial charge in [0.15, 0.2) is 6.61 Å². The average molecular weight is 391 g/mol. The summed E-state index contributed by atoms with van der Waals surface area (Å²) in [5.41, 5.74) is 0.945. The number of carbonyl (C=O) groups excluding carboxylic acids is 3. The molecule has 8 nitrogen and oxygen atoms in total. The number of amides is 3. The fraction of sp³-hybridized carbons (Fsp3) is 0.333. The molecule has 0 aliphatic rings. The average Bonchev–Trinajstić information content (AvgIpc) is 3.02. The van der Waals surface area contributed by atoms with E-state index in [0.717, 1.165) is 10.7 Å². The number of thiazole rings is 1. The predicted octanol–water partition coefficient (Wildman–Crippen LogP) is 2.42. The van der Waals surface area contributed by atoms with Crippen molar-refractivity contribution >= 4 is 29.2 Å². The monoisotopic (exact) mass is 391 g/mol. The van der Waals surface area contributed by atoms with Gasteiger partial charge < -0.3 is 14.8 Å². The van der Waals surface area contributed by atoms with E-state index in [0.29, 0.717) is 5.75 Å². The second kappa shape index (κ2) is 9.67. The van der Waals surface area contributed by atoms with E-state index in [1.54, 1.807) is 32.0 Å². The van der Waals surface area contributed by atoms with Crippen LogP contribution in [0.3, 0.4) is 0 Å². The van der Waals surface area contributed by atoms with Crippen LogP contribution in [-0.2, 0) is 16.1 Å². The highest BCUT2D eigenvalue weighted by atomic mass is 32.1. The van der Waals surface area contributed by atoms with Crippen molar-refractivity contribution in [2.45, 2.75) is 33.4 Å². The smallest absolute Gasteiger partial charge is 0.342 e. The standard InChI is InChI=1S/C18H21N3O5S/c1-11(2)19-18(24)21-16(22)9-26-17(23)14-6-4-5-7-15(14)25-8-13-10-27-12(3)20-13/h4-7,10-11H,8-9H2,1-3H3,(H2,19,21,22,24). The number of nitrogens with one attached hydrogen (secondary N) is 2. The zero-order chi connectivity index (χ0) is 19.8. The molecule has 2 rings (SSSR count). The molecule has 0 saturated carbocycles. The number of imide groups is 1. The van der Waals surface area contributed by atoms with E-state index in [-0.39, 0.29) is 18.2 Å². The first-order valence-corrected chi connectivity index (χ1v) is 9.13. The Kier molecular flexibility index (Phi) is 7.30. The molecule has 0 aliphatic heterocycles. The molecule has 1 heterocycles. The van der Waals surface area contributed by atoms with E-state index < -0.39 is 24.5 Å². The molecule has 9 heteroatoms. The molecule has 0 spiro atoms. The van der Waals surface area contributed by atoms with E-state index in [1.807, 2.05) is 12.3 Å². The third-order valence-electron chi connectivity index (χ3n) is 3.16. The minimum Gasteiger partial charge on any atom is -0.486 e. The third-order valence-corrected chi connectivity index (χ3v) is 3.98. The van der Waals surface area contributed by atoms with Crippen LogP contribution in [0.5, 0.6) is 5.75 Å². The molecule has 2 N–H and O–H groups in total. The molecular formula is C18H21N3O5S. The van der Waals surface area contributed by atoms with Crippen LogP contribution in [0.15, 0.2) is 29.6 Å². The van der Waals surface area contributed by atoms with Crippen LogP contribution in [0.1, 0.15) is 34.9 Å². The van der Waals surface area contributed by atoms with Gasteiger partial charge in [-0.15, -0.1) is 11.3 Å². The lowest BCUT2D eigenvalue weighted by atomic mass is 10.2. The van der Waals surface area contributed by atoms with Gasteiger partial charge in [0.25, 0.3) is 5.91 Å². The Balaban J connectivity index is 1.90. The number of benzene rings is 1. The zero-order valence-corrected chi connectivity index (χ0v) is 16.1. The maximum atomic E-state index is 12.3. The summed E-state index contributed by atoms with van der Waals surface area (Å²) in [6.07, 6.45) is 0. The van der Waals surface area contributed by atoms with Crippen molar-refractivity contribution in [1.29, 1.82) is 0 Å². The number of aromatic nitrogens is 1. The summed E-state index contributed by atoms with van der Waals surface area (Å²) in [5, 5.41) is 7.38. The summed E-state index contributed by atoms with van der Waals surface area (Å²) in [4.78, 5) is 39.7. The Bertz CT molecular complexity index is 819. The highest BCUT2D eigenvalue weighted by Gasteiger charge is 2.17. The van der Waals surface area contributed by atoms with Crippen molar-refractivity contribution in [2.24, 2.45) is 0 Å². The summed E-state index contributed by atoms with van der Waals surface area (Å²) in [5.74, 6) is -1.12. The molecule has 0 fully saturated rings. The fourth-order valence-corrected chi connectivity index (χ4v) is 2.65. The highest BCUT2D eigenvalue weighted by molar-refractivity contribution is 7.09. The van der Waals surface area contributed by atoms with Gasteiger partial charge in [-0.1, -0.05) is 12.1 Å². The molecule has 27 heavy (non-hydrogen) atoms. The lowest BCUT2D eigenvalue weighted by Gasteiger charge is -2.11. The van der Waals surface area contributed by atoms with Crippen LogP contribution in [0, 0.1) is 6.92 Å². The van der Waals surface area contributed by atoms with Gasteiger partial charge in [-0.25, -0.2) is 14.6 Å². The summed E-state index contributed by atoms with van der Waals surface area (Å²) in [6, 6.07) is 5.78. The Hall–Kier alpha value is -2.94. The van der Waals surface area contributed by atoms with Crippen LogP contribution in [0.2, 0.25) is 0 Å². The predicted molar refractivity (Wildman–Crippen MR) is 99.7 cm³/mol. The highest BCUT2D eigenvalue weighted by Crippen LogP contribution is 2.20. The van der Waals surface area contributed by atoms with Gasteiger partial charge in [-0.3, -0.25) is 10.1 Å². The first-order valence-electron chi connectivity index (χ1n) is 8.25. The van der Waals surface area contributed by atoms with Crippen molar-refractivity contribution < 1.29 is 23.9 Å². The van der Waals surface area contributed by atoms with Crippen LogP contribution < -0.4 is 15.4 Å². The molecule has 1 aromatic carbocycles. The van der Waals surface area contributed by atoms with Gasteiger partial charge >= 0.3 is 12.0 Å². The number of esters is 1. The molecule has 0 saturated heterocycles. The van der Waals surface area contributed by atoms with Crippen LogP contribution in [0.25, 0.3) is 0 Å². The first kappa shape index (κ1) is 20.4. The number of urea groups is 1. The lowest BCUT2D eigenvalue weighted by molar-refractivity contribution is -0.123. The van der Waals surface area contributed by atoms with Crippen molar-refractivity contribution in [3.05, 3.63) is 45.9 Å². The summed E-state index contributed by atoms with van der Waals surface area (Å²) >= 11 is 1.51. The van der Waals surface area contributed by atoms with E-state index in [9.17, 15) is 14.4 Å². The maximum absolute atomic E-state index is 12.3. The number of ether oxygens (including phenoxy) is 2. The van der Waals surface area contributed by atoms with Gasteiger partial charge in [-0.2, -0.15) is 0 Å². The molecule has 0 unspecified atom stereocenters. The minimum atomic E-state index is -0.724. The molecule has 0 atom stereocenters. The van der Waals surface area contributed by atoms with Gasteiger partial charge in [0.05, 0.1) is 10.7 Å². The third kappa shape index (κ3) is 6.70. The SMILES string of the molecule is Cc1nc(COc2ccccc2C(=O)OCC(=O)NC(=O)NC(C)C)cs1. The number of nitrogens with zero attached hydrogens (tertiary/aromatic N) is 1. The minimum absolute atomic E-state index is 0.120. The maximum Gasteiger partial charge on any atom is 0.342 e. The normalized spacial score (nSPS) is 10.4. The molecule has 1 aromatic heterocycles. The Labute approximate surface area is 160 Å². The van der Waals surface area contributed by atoms with Crippen molar-refractivity contribution in [2.75, 3.05) is 6.61 Å². The van der Waals surface area contributed by atoms with Gasteiger partial charge in [-0.05, 0) is 32.9 Å². The van der Waals surface area contributed by atoms with Crippen LogP contribution in [-0.4, -0.2) is 35.5 Å². The molecule has 144 valence electrons. The number of rotatable bonds is 7. The van der Waals surface area contributed by atoms with Crippen molar-refractivity contribution in [3.63, 3.8) is 0 Å². The number of hydrogen-bond acceptors (Lipinski definition) is 7. The quantitative estimate of drug-likeness (QED) is 0.702. The Morgan fingerprint density at radius 3 is 2.63 bits per heavy atom. The molecule has 2 aromatic rings. The molecular weight excluding hydrogens is 370 g/mol. The van der Waals surface area contributed by atoms with Gasteiger partial charge in [0, 0.05) is 11.4 Å². The van der Waals surface area contributed by atoms with Crippen molar-refractivity contribution in [3.8, 4) is 5.75 Å². The molecule has 0 radical (unpaired) electrons. The van der Waals surface area contributed by atoms with Crippen LogP contribution >= 0.6 is 11.3 Å². The van der Waals surface area contributed by atoms with Gasteiger partial charge in [0.1, 0.15) is 17.9 Å².